The monoisotopic (exact) mass is 388 g/mol. The Labute approximate surface area is 160 Å². The van der Waals surface area contributed by atoms with Crippen LogP contribution in [0.5, 0.6) is 5.75 Å². The zero-order valence-electron chi connectivity index (χ0n) is 15.3. The fraction of sp³-hybridized carbons (Fsp3) is 0.350. The minimum Gasteiger partial charge on any atom is -0.497 e. The van der Waals surface area contributed by atoms with E-state index in [1.165, 1.54) is 11.4 Å². The van der Waals surface area contributed by atoms with Crippen LogP contribution in [-0.2, 0) is 21.4 Å². The summed E-state index contributed by atoms with van der Waals surface area (Å²) in [5, 5.41) is 2.90. The highest BCUT2D eigenvalue weighted by Crippen LogP contribution is 2.27. The molecule has 0 aliphatic carbocycles. The van der Waals surface area contributed by atoms with Gasteiger partial charge in [-0.25, -0.2) is 8.42 Å². The maximum atomic E-state index is 12.8. The smallest absolute Gasteiger partial charge is 0.243 e. The van der Waals surface area contributed by atoms with Crippen LogP contribution in [0.2, 0.25) is 0 Å². The number of sulfonamides is 1. The summed E-state index contributed by atoms with van der Waals surface area (Å²) < 4.78 is 32.1. The molecule has 7 heteroatoms. The summed E-state index contributed by atoms with van der Waals surface area (Å²) in [6, 6.07) is 16.1. The lowest BCUT2D eigenvalue weighted by atomic mass is 10.0. The number of amides is 1. The molecule has 0 aromatic heterocycles. The lowest BCUT2D eigenvalue weighted by Gasteiger charge is -2.17. The van der Waals surface area contributed by atoms with E-state index < -0.39 is 10.0 Å². The van der Waals surface area contributed by atoms with E-state index in [-0.39, 0.29) is 16.7 Å². The highest BCUT2D eigenvalue weighted by molar-refractivity contribution is 7.89. The second-order valence-electron chi connectivity index (χ2n) is 6.66. The van der Waals surface area contributed by atoms with Crippen molar-refractivity contribution in [3.8, 4) is 5.75 Å². The van der Waals surface area contributed by atoms with Crippen molar-refractivity contribution < 1.29 is 17.9 Å². The van der Waals surface area contributed by atoms with Crippen LogP contribution in [0.25, 0.3) is 0 Å². The highest BCUT2D eigenvalue weighted by atomic mass is 32.2. The quantitative estimate of drug-likeness (QED) is 0.790. The Morgan fingerprint density at radius 3 is 2.52 bits per heavy atom. The number of rotatable bonds is 7. The molecule has 0 saturated carbocycles. The van der Waals surface area contributed by atoms with Crippen LogP contribution in [0.4, 0.5) is 0 Å². The van der Waals surface area contributed by atoms with E-state index in [2.05, 4.69) is 5.32 Å². The zero-order valence-corrected chi connectivity index (χ0v) is 16.1. The summed E-state index contributed by atoms with van der Waals surface area (Å²) in [4.78, 5) is 12.4. The molecule has 1 aliphatic heterocycles. The molecular formula is C20H24N2O4S. The van der Waals surface area contributed by atoms with Gasteiger partial charge in [0.25, 0.3) is 0 Å². The van der Waals surface area contributed by atoms with Gasteiger partial charge in [0.1, 0.15) is 5.75 Å². The summed E-state index contributed by atoms with van der Waals surface area (Å²) in [6.07, 6.45) is 1.02. The van der Waals surface area contributed by atoms with Crippen LogP contribution >= 0.6 is 0 Å². The molecule has 1 heterocycles. The van der Waals surface area contributed by atoms with Crippen molar-refractivity contribution in [1.29, 1.82) is 0 Å². The molecule has 1 amide bonds. The maximum absolute atomic E-state index is 12.8. The van der Waals surface area contributed by atoms with Crippen molar-refractivity contribution in [2.45, 2.75) is 24.3 Å². The lowest BCUT2D eigenvalue weighted by Crippen LogP contribution is -2.30. The maximum Gasteiger partial charge on any atom is 0.243 e. The Kier molecular flexibility index (Phi) is 6.13. The van der Waals surface area contributed by atoms with Gasteiger partial charge < -0.3 is 10.1 Å². The molecule has 1 aliphatic rings. The van der Waals surface area contributed by atoms with Crippen molar-refractivity contribution in [2.75, 3.05) is 20.2 Å². The molecule has 2 aromatic carbocycles. The Hall–Kier alpha value is -2.38. The van der Waals surface area contributed by atoms with Crippen LogP contribution in [0, 0.1) is 5.92 Å². The lowest BCUT2D eigenvalue weighted by molar-refractivity contribution is -0.122. The first kappa shape index (κ1) is 19.4. The van der Waals surface area contributed by atoms with Crippen molar-refractivity contribution >= 4 is 15.9 Å². The van der Waals surface area contributed by atoms with E-state index in [9.17, 15) is 13.2 Å². The van der Waals surface area contributed by atoms with Crippen LogP contribution in [-0.4, -0.2) is 38.8 Å². The van der Waals surface area contributed by atoms with Gasteiger partial charge in [0.05, 0.1) is 12.0 Å². The van der Waals surface area contributed by atoms with E-state index in [4.69, 9.17) is 4.74 Å². The normalized spacial score (nSPS) is 17.6. The van der Waals surface area contributed by atoms with Crippen molar-refractivity contribution in [2.24, 2.45) is 5.92 Å². The molecule has 144 valence electrons. The predicted molar refractivity (Wildman–Crippen MR) is 103 cm³/mol. The van der Waals surface area contributed by atoms with Gasteiger partial charge in [-0.3, -0.25) is 4.79 Å². The zero-order chi connectivity index (χ0) is 19.3. The number of nitrogens with zero attached hydrogens (tertiary/aromatic N) is 1. The topological polar surface area (TPSA) is 75.7 Å². The third-order valence-corrected chi connectivity index (χ3v) is 6.63. The molecule has 1 N–H and O–H groups in total. The summed E-state index contributed by atoms with van der Waals surface area (Å²) in [7, 11) is -2.00. The van der Waals surface area contributed by atoms with Crippen molar-refractivity contribution in [3.05, 3.63) is 60.2 Å². The van der Waals surface area contributed by atoms with E-state index in [0.717, 1.165) is 5.56 Å². The molecule has 1 unspecified atom stereocenters. The largest absolute Gasteiger partial charge is 0.497 e. The van der Waals surface area contributed by atoms with Crippen LogP contribution in [0.3, 0.4) is 0 Å². The molecular weight excluding hydrogens is 364 g/mol. The Bertz CT molecular complexity index is 867. The molecule has 1 saturated heterocycles. The molecule has 0 bridgehead atoms. The van der Waals surface area contributed by atoms with Crippen LogP contribution in [0.15, 0.2) is 59.5 Å². The minimum absolute atomic E-state index is 0.0359. The van der Waals surface area contributed by atoms with Gasteiger partial charge in [-0.15, -0.1) is 0 Å². The minimum atomic E-state index is -3.54. The van der Waals surface area contributed by atoms with Gasteiger partial charge in [-0.05, 0) is 42.2 Å². The molecule has 6 nitrogen and oxygen atoms in total. The number of ether oxygens (including phenoxy) is 1. The Morgan fingerprint density at radius 2 is 1.85 bits per heavy atom. The van der Waals surface area contributed by atoms with Gasteiger partial charge in [0, 0.05) is 26.1 Å². The van der Waals surface area contributed by atoms with Gasteiger partial charge in [-0.1, -0.05) is 30.3 Å². The standard InChI is InChI=1S/C20H24N2O4S/c1-26-18-7-9-19(10-8-18)27(24,25)22-12-11-17(15-22)13-20(23)21-14-16-5-3-2-4-6-16/h2-10,17H,11-15H2,1H3,(H,21,23). The van der Waals surface area contributed by atoms with E-state index in [1.807, 2.05) is 30.3 Å². The third-order valence-electron chi connectivity index (χ3n) is 4.75. The number of methoxy groups -OCH3 is 1. The fourth-order valence-corrected chi connectivity index (χ4v) is 4.74. The van der Waals surface area contributed by atoms with Crippen LogP contribution < -0.4 is 10.1 Å². The number of hydrogen-bond acceptors (Lipinski definition) is 4. The molecule has 2 aromatic rings. The summed E-state index contributed by atoms with van der Waals surface area (Å²) in [6.45, 7) is 1.29. The first-order chi connectivity index (χ1) is 13.0. The molecule has 1 atom stereocenters. The average Bonchev–Trinajstić information content (AvgIpc) is 3.16. The van der Waals surface area contributed by atoms with Gasteiger partial charge in [-0.2, -0.15) is 4.31 Å². The van der Waals surface area contributed by atoms with Gasteiger partial charge in [0.15, 0.2) is 0 Å². The summed E-state index contributed by atoms with van der Waals surface area (Å²) in [5.41, 5.74) is 1.04. The second kappa shape index (κ2) is 8.54. The first-order valence-electron chi connectivity index (χ1n) is 8.94. The average molecular weight is 388 g/mol. The third kappa shape index (κ3) is 4.87. The van der Waals surface area contributed by atoms with E-state index in [1.54, 1.807) is 24.3 Å². The van der Waals surface area contributed by atoms with Crippen molar-refractivity contribution in [1.82, 2.24) is 9.62 Å². The number of carbonyl (C=O) groups is 1. The van der Waals surface area contributed by atoms with Gasteiger partial charge in [0.2, 0.25) is 15.9 Å². The molecule has 0 spiro atoms. The Balaban J connectivity index is 1.53. The number of hydrogen-bond donors (Lipinski definition) is 1. The first-order valence-corrected chi connectivity index (χ1v) is 10.4. The molecule has 1 fully saturated rings. The number of benzene rings is 2. The predicted octanol–water partition coefficient (Wildman–Crippen LogP) is 2.41. The highest BCUT2D eigenvalue weighted by Gasteiger charge is 2.33. The number of carbonyl (C=O) groups excluding carboxylic acids is 1. The fourth-order valence-electron chi connectivity index (χ4n) is 3.21. The van der Waals surface area contributed by atoms with Crippen molar-refractivity contribution in [3.63, 3.8) is 0 Å². The van der Waals surface area contributed by atoms with Crippen LogP contribution in [0.1, 0.15) is 18.4 Å². The van der Waals surface area contributed by atoms with E-state index in [0.29, 0.717) is 38.2 Å². The van der Waals surface area contributed by atoms with Gasteiger partial charge >= 0.3 is 0 Å². The molecule has 0 radical (unpaired) electrons. The molecule has 3 rings (SSSR count). The SMILES string of the molecule is COc1ccc(S(=O)(=O)N2CCC(CC(=O)NCc3ccccc3)C2)cc1. The molecule has 27 heavy (non-hydrogen) atoms. The number of nitrogens with one attached hydrogen (secondary N) is 1. The summed E-state index contributed by atoms with van der Waals surface area (Å²) in [5.74, 6) is 0.602. The summed E-state index contributed by atoms with van der Waals surface area (Å²) >= 11 is 0. The van der Waals surface area contributed by atoms with E-state index >= 15 is 0 Å². The second-order valence-corrected chi connectivity index (χ2v) is 8.60. The Morgan fingerprint density at radius 1 is 1.15 bits per heavy atom.